The summed E-state index contributed by atoms with van der Waals surface area (Å²) in [6, 6.07) is 7.25. The second-order valence-electron chi connectivity index (χ2n) is 9.46. The first kappa shape index (κ1) is 34.1. The number of rotatable bonds is 6. The number of benzene rings is 1. The van der Waals surface area contributed by atoms with Crippen molar-refractivity contribution in [3.05, 3.63) is 92.2 Å². The quantitative estimate of drug-likeness (QED) is 0.294. The number of carboxylic acids is 2. The van der Waals surface area contributed by atoms with Gasteiger partial charge in [0, 0.05) is 23.1 Å². The molecule has 3 aromatic rings. The summed E-state index contributed by atoms with van der Waals surface area (Å²) in [4.78, 5) is 64.3. The van der Waals surface area contributed by atoms with Gasteiger partial charge < -0.3 is 30.1 Å². The lowest BCUT2D eigenvalue weighted by Gasteiger charge is -2.17. The molecule has 0 saturated carbocycles. The SMILES string of the molecule is Cc1ccc(C(=O)N2Cc3c(O)c(C(=O)NCC(=O)O)c(=O)n(Cc4ccc(C(F)(F)F)cc4)c3C2)cn1.O=C(O)C(F)(F)F. The molecular formula is C27H22F6N4O8. The van der Waals surface area contributed by atoms with Gasteiger partial charge in [0.1, 0.15) is 17.9 Å². The summed E-state index contributed by atoms with van der Waals surface area (Å²) in [5.74, 6) is -6.45. The number of hydrogen-bond donors (Lipinski definition) is 4. The van der Waals surface area contributed by atoms with Crippen LogP contribution in [0.25, 0.3) is 0 Å². The van der Waals surface area contributed by atoms with Crippen molar-refractivity contribution in [2.75, 3.05) is 6.54 Å². The first-order valence-corrected chi connectivity index (χ1v) is 12.5. The van der Waals surface area contributed by atoms with Gasteiger partial charge in [-0.05, 0) is 36.8 Å². The van der Waals surface area contributed by atoms with E-state index in [9.17, 15) is 50.6 Å². The van der Waals surface area contributed by atoms with E-state index in [0.29, 0.717) is 5.69 Å². The van der Waals surface area contributed by atoms with E-state index < -0.39 is 65.1 Å². The number of aromatic hydroxyl groups is 1. The maximum absolute atomic E-state index is 13.4. The monoisotopic (exact) mass is 644 g/mol. The number of carbonyl (C=O) groups is 4. The number of aryl methyl sites for hydroxylation is 1. The first-order valence-electron chi connectivity index (χ1n) is 12.5. The van der Waals surface area contributed by atoms with Gasteiger partial charge in [-0.3, -0.25) is 24.2 Å². The number of nitrogens with zero attached hydrogens (tertiary/aromatic N) is 3. The summed E-state index contributed by atoms with van der Waals surface area (Å²) in [6.45, 7) is 0.337. The van der Waals surface area contributed by atoms with E-state index >= 15 is 0 Å². The normalized spacial score (nSPS) is 12.6. The number of aromatic nitrogens is 2. The summed E-state index contributed by atoms with van der Waals surface area (Å²) in [6.07, 6.45) is -8.27. The summed E-state index contributed by atoms with van der Waals surface area (Å²) in [5.41, 5.74) is -1.11. The lowest BCUT2D eigenvalue weighted by atomic mass is 10.1. The number of amides is 2. The molecule has 12 nitrogen and oxygen atoms in total. The standard InChI is InChI=1S/C25H21F3N4O6.C2HF3O2/c1-13-2-5-15(8-29-13)23(37)31-11-17-18(12-31)32(10-14-3-6-16(7-4-14)25(26,27)28)24(38)20(21(17)35)22(36)30-9-19(33)34;3-2(4,5)1(6)7/h2-8,35H,9-12H2,1H3,(H,30,36)(H,33,34);(H,6,7). The van der Waals surface area contributed by atoms with Gasteiger partial charge in [-0.2, -0.15) is 26.3 Å². The Balaban J connectivity index is 0.000000707. The van der Waals surface area contributed by atoms with Crippen molar-refractivity contribution >= 4 is 23.8 Å². The van der Waals surface area contributed by atoms with E-state index in [1.54, 1.807) is 19.1 Å². The van der Waals surface area contributed by atoms with Crippen molar-refractivity contribution in [2.45, 2.75) is 38.9 Å². The molecule has 0 fully saturated rings. The molecule has 2 amide bonds. The molecule has 0 bridgehead atoms. The molecule has 45 heavy (non-hydrogen) atoms. The Morgan fingerprint density at radius 3 is 2.04 bits per heavy atom. The third-order valence-corrected chi connectivity index (χ3v) is 6.28. The molecule has 0 atom stereocenters. The van der Waals surface area contributed by atoms with Gasteiger partial charge >= 0.3 is 24.3 Å². The number of carboxylic acid groups (broad SMARTS) is 2. The molecular weight excluding hydrogens is 622 g/mol. The molecule has 4 N–H and O–H groups in total. The van der Waals surface area contributed by atoms with Gasteiger partial charge in [-0.15, -0.1) is 0 Å². The Kier molecular flexibility index (Phi) is 9.89. The molecule has 0 radical (unpaired) electrons. The molecule has 4 rings (SSSR count). The third-order valence-electron chi connectivity index (χ3n) is 6.28. The number of nitrogens with one attached hydrogen (secondary N) is 1. The Labute approximate surface area is 248 Å². The molecule has 0 unspecified atom stereocenters. The lowest BCUT2D eigenvalue weighted by Crippen LogP contribution is -2.37. The van der Waals surface area contributed by atoms with Crippen LogP contribution in [0.2, 0.25) is 0 Å². The Morgan fingerprint density at radius 2 is 1.56 bits per heavy atom. The van der Waals surface area contributed by atoms with E-state index in [-0.39, 0.29) is 42.0 Å². The van der Waals surface area contributed by atoms with Crippen molar-refractivity contribution < 1.29 is 60.8 Å². The number of carbonyl (C=O) groups excluding carboxylic acids is 2. The number of aliphatic carboxylic acids is 2. The summed E-state index contributed by atoms with van der Waals surface area (Å²) in [7, 11) is 0. The molecule has 0 saturated heterocycles. The van der Waals surface area contributed by atoms with Gasteiger partial charge in [0.15, 0.2) is 0 Å². The van der Waals surface area contributed by atoms with Crippen LogP contribution in [0.3, 0.4) is 0 Å². The number of hydrogen-bond acceptors (Lipinski definition) is 7. The first-order chi connectivity index (χ1) is 20.8. The minimum atomic E-state index is -5.08. The number of alkyl halides is 6. The summed E-state index contributed by atoms with van der Waals surface area (Å²) < 4.78 is 71.8. The topological polar surface area (TPSA) is 179 Å². The number of halogens is 6. The van der Waals surface area contributed by atoms with Gasteiger partial charge in [-0.1, -0.05) is 12.1 Å². The Bertz CT molecular complexity index is 1680. The van der Waals surface area contributed by atoms with Crippen molar-refractivity contribution in [1.82, 2.24) is 19.8 Å². The zero-order chi connectivity index (χ0) is 33.9. The summed E-state index contributed by atoms with van der Waals surface area (Å²) >= 11 is 0. The highest BCUT2D eigenvalue weighted by atomic mass is 19.4. The molecule has 0 spiro atoms. The van der Waals surface area contributed by atoms with Crippen molar-refractivity contribution in [3.63, 3.8) is 0 Å². The van der Waals surface area contributed by atoms with Gasteiger partial charge in [0.05, 0.1) is 30.8 Å². The fraction of sp³-hybridized carbons (Fsp3) is 0.259. The van der Waals surface area contributed by atoms with Crippen LogP contribution in [0.4, 0.5) is 26.3 Å². The second kappa shape index (κ2) is 13.1. The van der Waals surface area contributed by atoms with Crippen molar-refractivity contribution in [2.24, 2.45) is 0 Å². The molecule has 1 aromatic carbocycles. The van der Waals surface area contributed by atoms with Crippen LogP contribution in [0, 0.1) is 6.92 Å². The molecule has 2 aromatic heterocycles. The second-order valence-corrected chi connectivity index (χ2v) is 9.46. The zero-order valence-electron chi connectivity index (χ0n) is 22.9. The van der Waals surface area contributed by atoms with Crippen LogP contribution in [0.1, 0.15) is 48.8 Å². The van der Waals surface area contributed by atoms with Crippen LogP contribution >= 0.6 is 0 Å². The van der Waals surface area contributed by atoms with E-state index in [1.807, 2.05) is 5.32 Å². The smallest absolute Gasteiger partial charge is 0.490 e. The fourth-order valence-corrected chi connectivity index (χ4v) is 4.10. The number of pyridine rings is 2. The highest BCUT2D eigenvalue weighted by Gasteiger charge is 2.38. The average Bonchev–Trinajstić information content (AvgIpc) is 3.40. The predicted octanol–water partition coefficient (Wildman–Crippen LogP) is 2.93. The van der Waals surface area contributed by atoms with E-state index in [2.05, 4.69) is 4.98 Å². The van der Waals surface area contributed by atoms with Crippen LogP contribution in [-0.4, -0.2) is 66.2 Å². The zero-order valence-corrected chi connectivity index (χ0v) is 22.9. The fourth-order valence-electron chi connectivity index (χ4n) is 4.10. The molecule has 18 heteroatoms. The van der Waals surface area contributed by atoms with Gasteiger partial charge in [0.2, 0.25) is 0 Å². The van der Waals surface area contributed by atoms with Gasteiger partial charge in [0.25, 0.3) is 17.4 Å². The van der Waals surface area contributed by atoms with Crippen LogP contribution in [0.15, 0.2) is 47.4 Å². The molecule has 1 aliphatic rings. The molecule has 1 aliphatic heterocycles. The van der Waals surface area contributed by atoms with E-state index in [4.69, 9.17) is 15.0 Å². The van der Waals surface area contributed by atoms with Crippen LogP contribution in [0.5, 0.6) is 5.75 Å². The van der Waals surface area contributed by atoms with Crippen molar-refractivity contribution in [1.29, 1.82) is 0 Å². The summed E-state index contributed by atoms with van der Waals surface area (Å²) in [5, 5.41) is 28.9. The highest BCUT2D eigenvalue weighted by Crippen LogP contribution is 2.33. The van der Waals surface area contributed by atoms with Crippen molar-refractivity contribution in [3.8, 4) is 5.75 Å². The van der Waals surface area contributed by atoms with Gasteiger partial charge in [-0.25, -0.2) is 4.79 Å². The Morgan fingerprint density at radius 1 is 0.956 bits per heavy atom. The maximum atomic E-state index is 13.4. The third kappa shape index (κ3) is 8.15. The molecule has 240 valence electrons. The predicted molar refractivity (Wildman–Crippen MR) is 139 cm³/mol. The van der Waals surface area contributed by atoms with Crippen LogP contribution in [-0.2, 0) is 35.4 Å². The molecule has 3 heterocycles. The Hall–Kier alpha value is -5.42. The van der Waals surface area contributed by atoms with E-state index in [0.717, 1.165) is 16.7 Å². The number of fused-ring (bicyclic) bond motifs is 1. The highest BCUT2D eigenvalue weighted by molar-refractivity contribution is 5.99. The lowest BCUT2D eigenvalue weighted by molar-refractivity contribution is -0.192. The van der Waals surface area contributed by atoms with E-state index in [1.165, 1.54) is 23.2 Å². The largest absolute Gasteiger partial charge is 0.506 e. The minimum absolute atomic E-state index is 0.0883. The minimum Gasteiger partial charge on any atom is -0.506 e. The molecule has 0 aliphatic carbocycles. The average molecular weight is 644 g/mol. The maximum Gasteiger partial charge on any atom is 0.490 e. The van der Waals surface area contributed by atoms with Crippen LogP contribution < -0.4 is 10.9 Å².